The third kappa shape index (κ3) is 41.4. The van der Waals surface area contributed by atoms with Gasteiger partial charge in [0.1, 0.15) is 34.6 Å². The zero-order valence-corrected chi connectivity index (χ0v) is 117. The maximum Gasteiger partial charge on any atom is 0.373 e. The summed E-state index contributed by atoms with van der Waals surface area (Å²) in [4.78, 5) is 16.2. The molecule has 78 heavy (non-hydrogen) atoms. The van der Waals surface area contributed by atoms with Crippen LogP contribution in [0.5, 0.6) is 0 Å². The van der Waals surface area contributed by atoms with Crippen LogP contribution in [0.15, 0.2) is 77.8 Å². The molecule has 0 radical (unpaired) electrons. The van der Waals surface area contributed by atoms with E-state index in [2.05, 4.69) is 398 Å². The second-order valence-electron chi connectivity index (χ2n) is 10.8. The fourth-order valence-corrected chi connectivity index (χ4v) is 5240. The fraction of sp³-hybridized carbons (Fsp3) is 0.107. The molecular formula is C28H21BrF6I37N4O2-. The molecule has 5 aromatic rings. The third-order valence-corrected chi connectivity index (χ3v) is 2400. The normalized spacial score (nSPS) is 13.5. The number of nitrogens with zero attached hydrogens (tertiary/aromatic N) is 4. The van der Waals surface area contributed by atoms with E-state index in [1.807, 2.05) is 0 Å². The van der Waals surface area contributed by atoms with E-state index in [0.717, 1.165) is 18.2 Å². The van der Waals surface area contributed by atoms with Crippen molar-refractivity contribution in [2.75, 3.05) is 0 Å². The van der Waals surface area contributed by atoms with Crippen molar-refractivity contribution in [3.63, 3.8) is 0 Å². The fourth-order valence-electron chi connectivity index (χ4n) is 3.47. The zero-order valence-electron chi connectivity index (χ0n) is 35.7. The minimum atomic E-state index is -0.614. The first-order valence-corrected chi connectivity index (χ1v) is 237. The molecule has 2 heterocycles. The zero-order chi connectivity index (χ0) is 60.6. The van der Waals surface area contributed by atoms with Crippen LogP contribution >= 0.6 is 515 Å². The van der Waals surface area contributed by atoms with E-state index >= 15 is 0 Å². The van der Waals surface area contributed by atoms with Crippen molar-refractivity contribution in [3.8, 4) is 11.4 Å². The maximum atomic E-state index is 13.3. The van der Waals surface area contributed by atoms with Crippen molar-refractivity contribution in [1.29, 1.82) is 0 Å². The van der Waals surface area contributed by atoms with Gasteiger partial charge in [-0.05, 0) is 83.7 Å². The van der Waals surface area contributed by atoms with Crippen LogP contribution in [-0.2, 0) is 9.59 Å². The molecular weight excluding hydrogens is 5310 g/mol. The predicted molar refractivity (Wildman–Crippen MR) is 645 cm³/mol. The molecule has 0 unspecified atom stereocenters. The number of benzene rings is 3. The summed E-state index contributed by atoms with van der Waals surface area (Å²) >= 11 is 63.8. The van der Waals surface area contributed by atoms with Crippen LogP contribution in [-0.4, -0.2) is 25.7 Å². The Morgan fingerprint density at radius 2 is 0.679 bits per heavy atom. The summed E-state index contributed by atoms with van der Waals surface area (Å²) in [6.45, 7) is 4.75. The van der Waals surface area contributed by atoms with Gasteiger partial charge in [-0.2, -0.15) is 19.8 Å². The first-order valence-electron chi connectivity index (χ1n) is 16.4. The molecule has 50 heteroatoms. The largest absolute Gasteiger partial charge is 0.373 e. The van der Waals surface area contributed by atoms with E-state index in [1.54, 1.807) is 45.3 Å². The van der Waals surface area contributed by atoms with Crippen molar-refractivity contribution >= 4 is 521 Å². The van der Waals surface area contributed by atoms with Crippen molar-refractivity contribution < 1.29 is 49.2 Å². The van der Waals surface area contributed by atoms with Crippen LogP contribution in [0.3, 0.4) is 0 Å². The summed E-state index contributed by atoms with van der Waals surface area (Å²) in [6, 6.07) is 10.2. The van der Waals surface area contributed by atoms with Gasteiger partial charge in [-0.25, -0.2) is 35.7 Å². The molecule has 0 fully saturated rings. The van der Waals surface area contributed by atoms with Crippen molar-refractivity contribution in [1.82, 2.24) is 19.6 Å². The van der Waals surface area contributed by atoms with E-state index < -0.39 is 58.6 Å². The second-order valence-corrected chi connectivity index (χ2v) is 808. The summed E-state index contributed by atoms with van der Waals surface area (Å²) in [5.41, 5.74) is 1.75. The average molecular weight is 5330 g/mol. The SMILES string of the molecule is Cc1cc(-n2cccn2)c(F)cc1F.Cc1cc(-n2cccn2)c(F)cc1F.Cc1cc(Br)c(F)cc1F.II(I)I(I)I(I)I(I)I(I)I(I)I(I)I(I)I.I[I-]I(I)I(I)I(I)I(I)I(I)I(I)I(I)I(I)I.O=C=O. The second kappa shape index (κ2) is 58.5. The molecule has 0 atom stereocenters. The van der Waals surface area contributed by atoms with Gasteiger partial charge in [0.25, 0.3) is 0 Å². The van der Waals surface area contributed by atoms with Gasteiger partial charge in [0.15, 0.2) is 11.6 Å². The average Bonchev–Trinajstić information content (AvgIpc) is 4.15. The molecule has 0 aliphatic carbocycles. The van der Waals surface area contributed by atoms with Crippen molar-refractivity contribution in [2.45, 2.75) is 20.8 Å². The van der Waals surface area contributed by atoms with Crippen LogP contribution < -0.4 is 13.3 Å². The van der Waals surface area contributed by atoms with Crippen molar-refractivity contribution in [2.24, 2.45) is 0 Å². The number of hydrogen-bond acceptors (Lipinski definition) is 4. The van der Waals surface area contributed by atoms with Gasteiger partial charge in [-0.1, -0.05) is 0 Å². The van der Waals surface area contributed by atoms with Crippen LogP contribution in [0.1, 0.15) is 16.7 Å². The molecule has 2 aromatic heterocycles. The summed E-state index contributed by atoms with van der Waals surface area (Å²) in [7, 11) is -6.12. The Labute approximate surface area is 720 Å². The monoisotopic (exact) mass is 5330 g/mol. The Bertz CT molecular complexity index is 2380. The van der Waals surface area contributed by atoms with Gasteiger partial charge in [0, 0.05) is 43.0 Å². The smallest absolute Gasteiger partial charge is 0.186 e. The number of halogens is 44. The Kier molecular flexibility index (Phi) is 75.4. The summed E-state index contributed by atoms with van der Waals surface area (Å²) in [6.07, 6.45) is 6.54. The molecule has 0 N–H and O–H groups in total. The minimum Gasteiger partial charge on any atom is -0.186 e. The van der Waals surface area contributed by atoms with Gasteiger partial charge in [-0.3, -0.25) is 0 Å². The molecule has 5 rings (SSSR count). The predicted octanol–water partition coefficient (Wildman–Crippen LogP) is 36.3. The Morgan fingerprint density at radius 1 is 0.423 bits per heavy atom. The molecule has 0 saturated heterocycles. The number of carbonyl (C=O) groups excluding carboxylic acids is 2. The molecule has 0 aliphatic rings. The third-order valence-electron chi connectivity index (χ3n) is 6.34. The van der Waals surface area contributed by atoms with Gasteiger partial charge in [0.2, 0.25) is 0 Å². The standard InChI is InChI=1S/2C10H8F2N2.C7H5BrF2.CO2.I19.I18/c2*1-7-5-10(9(12)6-8(7)11)14-4-2-3-13-14;1-4-2-5(8)7(10)3-6(4)9;2-1-3;1-11-13(4)15(6)17(8)19(10)18(9)16(7)14(5)12(2)3;1-11(2)13(5)15(7)17(9)18(10)16(8)14(6)12(3)4/h2*2-6H,1H3;2-3H,1H3;;;/q;;;;-1;. The minimum absolute atomic E-state index is 0.250. The number of rotatable bonds is 17. The van der Waals surface area contributed by atoms with Crippen molar-refractivity contribution in [3.05, 3.63) is 129 Å². The molecule has 474 valence electrons. The quantitative estimate of drug-likeness (QED) is 0.0528. The summed E-state index contributed by atoms with van der Waals surface area (Å²) in [5, 5.41) is 7.74. The molecule has 6 nitrogen and oxygen atoms in total. The maximum absolute atomic E-state index is 13.3. The summed E-state index contributed by atoms with van der Waals surface area (Å²) in [5.74, 6) is -3.39. The topological polar surface area (TPSA) is 69.8 Å². The first-order chi connectivity index (χ1) is 36.1. The molecule has 0 bridgehead atoms. The number of hydrogen-bond donors (Lipinski definition) is 0. The molecule has 0 saturated carbocycles. The van der Waals surface area contributed by atoms with Crippen LogP contribution in [0.4, 0.5) is 26.3 Å². The summed E-state index contributed by atoms with van der Waals surface area (Å²) < 4.78 is 80.4. The molecule has 0 spiro atoms. The number of aromatic nitrogens is 4. The van der Waals surface area contributed by atoms with E-state index in [1.165, 1.54) is 40.0 Å². The van der Waals surface area contributed by atoms with E-state index in [9.17, 15) is 26.3 Å². The van der Waals surface area contributed by atoms with E-state index in [4.69, 9.17) is 9.59 Å². The van der Waals surface area contributed by atoms with Crippen LogP contribution in [0.25, 0.3) is 11.4 Å². The van der Waals surface area contributed by atoms with Gasteiger partial charge < -0.3 is 0 Å². The molecule has 0 amide bonds. The number of aryl methyl sites for hydroxylation is 3. The van der Waals surface area contributed by atoms with Gasteiger partial charge >= 0.3 is 518 Å². The first kappa shape index (κ1) is 101. The molecule has 0 aliphatic heterocycles. The van der Waals surface area contributed by atoms with Gasteiger partial charge in [0.05, 0.1) is 4.47 Å². The Balaban J connectivity index is 0.000000948. The van der Waals surface area contributed by atoms with Crippen LogP contribution in [0.2, 0.25) is 0 Å². The van der Waals surface area contributed by atoms with Gasteiger partial charge in [-0.15, -0.1) is 0 Å². The van der Waals surface area contributed by atoms with Crippen LogP contribution in [0, 0.1) is 55.7 Å². The Hall–Kier alpha value is 22.5. The van der Waals surface area contributed by atoms with E-state index in [-0.39, 0.29) is 120 Å². The Morgan fingerprint density at radius 3 is 0.923 bits per heavy atom. The van der Waals surface area contributed by atoms with E-state index in [0.29, 0.717) is 34.4 Å². The molecule has 3 aromatic carbocycles.